The Morgan fingerprint density at radius 2 is 2.04 bits per heavy atom. The highest BCUT2D eigenvalue weighted by molar-refractivity contribution is 9.10. The number of nitrogens with zero attached hydrogens (tertiary/aromatic N) is 4. The van der Waals surface area contributed by atoms with Crippen LogP contribution < -0.4 is 11.0 Å². The number of benzene rings is 1. The second-order valence-electron chi connectivity index (χ2n) is 5.59. The Kier molecular flexibility index (Phi) is 3.45. The zero-order valence-corrected chi connectivity index (χ0v) is 14.3. The lowest BCUT2D eigenvalue weighted by atomic mass is 10.2. The highest BCUT2D eigenvalue weighted by Gasteiger charge is 2.27. The molecular weight excluding hydrogens is 358 g/mol. The standard InChI is InChI=1S/C16H16BrN5O/c1-2-8-21-15-12(14-18-7-9-22(14)16(21)23)19-13(20-15)10-3-5-11(17)6-4-10/h3-6,18H,2,7-9H2,1H3. The fourth-order valence-electron chi connectivity index (χ4n) is 2.97. The first-order chi connectivity index (χ1) is 11.2. The van der Waals surface area contributed by atoms with Gasteiger partial charge in [0.1, 0.15) is 11.5 Å². The van der Waals surface area contributed by atoms with Crippen LogP contribution in [0.5, 0.6) is 0 Å². The number of anilines is 1. The first kappa shape index (κ1) is 14.4. The molecule has 0 radical (unpaired) electrons. The van der Waals surface area contributed by atoms with E-state index in [0.29, 0.717) is 24.7 Å². The number of hydrogen-bond acceptors (Lipinski definition) is 4. The van der Waals surface area contributed by atoms with Gasteiger partial charge in [0, 0.05) is 29.7 Å². The molecule has 0 saturated carbocycles. The van der Waals surface area contributed by atoms with E-state index in [2.05, 4.69) is 33.2 Å². The summed E-state index contributed by atoms with van der Waals surface area (Å²) in [6.07, 6.45) is 0.877. The molecule has 3 aliphatic rings. The van der Waals surface area contributed by atoms with Gasteiger partial charge < -0.3 is 5.32 Å². The van der Waals surface area contributed by atoms with Crippen LogP contribution in [-0.4, -0.2) is 25.6 Å². The van der Waals surface area contributed by atoms with Crippen molar-refractivity contribution >= 4 is 21.7 Å². The average Bonchev–Trinajstić information content (AvgIpc) is 3.18. The molecule has 3 heterocycles. The van der Waals surface area contributed by atoms with Crippen LogP contribution in [0.4, 0.5) is 5.82 Å². The zero-order valence-electron chi connectivity index (χ0n) is 12.7. The fourth-order valence-corrected chi connectivity index (χ4v) is 3.23. The molecule has 0 aliphatic carbocycles. The molecule has 3 aliphatic heterocycles. The van der Waals surface area contributed by atoms with Gasteiger partial charge in [-0.15, -0.1) is 0 Å². The van der Waals surface area contributed by atoms with Crippen LogP contribution in [0.1, 0.15) is 13.3 Å². The van der Waals surface area contributed by atoms with Gasteiger partial charge in [0.25, 0.3) is 0 Å². The van der Waals surface area contributed by atoms with E-state index in [1.165, 1.54) is 0 Å². The van der Waals surface area contributed by atoms with Crippen molar-refractivity contribution in [2.24, 2.45) is 0 Å². The number of imidazole rings is 1. The fraction of sp³-hybridized carbons (Fsp3) is 0.312. The largest absolute Gasteiger partial charge is 0.368 e. The van der Waals surface area contributed by atoms with Crippen molar-refractivity contribution < 1.29 is 0 Å². The van der Waals surface area contributed by atoms with Crippen molar-refractivity contribution in [3.05, 3.63) is 39.2 Å². The zero-order chi connectivity index (χ0) is 16.0. The van der Waals surface area contributed by atoms with Crippen LogP contribution in [0.15, 0.2) is 33.5 Å². The Morgan fingerprint density at radius 3 is 2.78 bits per heavy atom. The molecule has 0 saturated heterocycles. The van der Waals surface area contributed by atoms with E-state index in [1.54, 1.807) is 9.13 Å². The van der Waals surface area contributed by atoms with Gasteiger partial charge in [-0.05, 0) is 18.6 Å². The van der Waals surface area contributed by atoms with E-state index < -0.39 is 0 Å². The maximum absolute atomic E-state index is 12.7. The summed E-state index contributed by atoms with van der Waals surface area (Å²) in [7, 11) is 0. The van der Waals surface area contributed by atoms with Gasteiger partial charge in [-0.3, -0.25) is 9.13 Å². The van der Waals surface area contributed by atoms with E-state index in [-0.39, 0.29) is 5.69 Å². The summed E-state index contributed by atoms with van der Waals surface area (Å²) in [6.45, 7) is 4.13. The summed E-state index contributed by atoms with van der Waals surface area (Å²) in [4.78, 5) is 22.0. The molecule has 0 bridgehead atoms. The monoisotopic (exact) mass is 373 g/mol. The third-order valence-corrected chi connectivity index (χ3v) is 4.56. The Morgan fingerprint density at radius 1 is 1.26 bits per heavy atom. The van der Waals surface area contributed by atoms with Gasteiger partial charge in [-0.2, -0.15) is 0 Å². The van der Waals surface area contributed by atoms with Crippen molar-refractivity contribution in [2.45, 2.75) is 26.4 Å². The first-order valence-corrected chi connectivity index (χ1v) is 8.49. The second-order valence-corrected chi connectivity index (χ2v) is 6.50. The topological polar surface area (TPSA) is 64.7 Å². The third kappa shape index (κ3) is 2.26. The molecule has 6 nitrogen and oxygen atoms in total. The minimum Gasteiger partial charge on any atom is -0.368 e. The Balaban J connectivity index is 1.97. The molecule has 0 aromatic heterocycles. The average molecular weight is 374 g/mol. The molecule has 1 N–H and O–H groups in total. The number of nitrogens with one attached hydrogen (secondary N) is 1. The van der Waals surface area contributed by atoms with Crippen molar-refractivity contribution in [3.8, 4) is 22.9 Å². The number of rotatable bonds is 3. The lowest BCUT2D eigenvalue weighted by Crippen LogP contribution is -2.31. The molecule has 0 atom stereocenters. The molecule has 4 rings (SSSR count). The Labute approximate surface area is 141 Å². The van der Waals surface area contributed by atoms with Crippen molar-refractivity contribution in [3.63, 3.8) is 0 Å². The summed E-state index contributed by atoms with van der Waals surface area (Å²) < 4.78 is 4.51. The van der Waals surface area contributed by atoms with E-state index in [0.717, 1.165) is 34.5 Å². The van der Waals surface area contributed by atoms with E-state index >= 15 is 0 Å². The van der Waals surface area contributed by atoms with Crippen LogP contribution in [0.3, 0.4) is 0 Å². The Bertz CT molecular complexity index is 896. The van der Waals surface area contributed by atoms with E-state index in [4.69, 9.17) is 4.98 Å². The normalized spacial score (nSPS) is 13.3. The molecule has 118 valence electrons. The maximum atomic E-state index is 12.7. The highest BCUT2D eigenvalue weighted by atomic mass is 79.9. The molecule has 0 unspecified atom stereocenters. The lowest BCUT2D eigenvalue weighted by molar-refractivity contribution is 0.589. The predicted molar refractivity (Wildman–Crippen MR) is 92.8 cm³/mol. The van der Waals surface area contributed by atoms with Gasteiger partial charge in [-0.25, -0.2) is 14.8 Å². The van der Waals surface area contributed by atoms with Gasteiger partial charge in [0.2, 0.25) is 0 Å². The summed E-state index contributed by atoms with van der Waals surface area (Å²) in [5.74, 6) is 2.10. The van der Waals surface area contributed by atoms with Crippen LogP contribution >= 0.6 is 15.9 Å². The smallest absolute Gasteiger partial charge is 0.331 e. The van der Waals surface area contributed by atoms with Gasteiger partial charge >= 0.3 is 5.69 Å². The molecule has 1 aromatic carbocycles. The number of fused-ring (bicyclic) bond motifs is 3. The van der Waals surface area contributed by atoms with Gasteiger partial charge in [-0.1, -0.05) is 35.0 Å². The molecule has 7 heteroatoms. The van der Waals surface area contributed by atoms with Crippen molar-refractivity contribution in [2.75, 3.05) is 11.9 Å². The summed E-state index contributed by atoms with van der Waals surface area (Å²) >= 11 is 3.44. The number of halogens is 1. The predicted octanol–water partition coefficient (Wildman–Crippen LogP) is 2.81. The van der Waals surface area contributed by atoms with Crippen LogP contribution in [-0.2, 0) is 13.1 Å². The quantitative estimate of drug-likeness (QED) is 0.766. The van der Waals surface area contributed by atoms with Gasteiger partial charge in [0.05, 0.1) is 0 Å². The van der Waals surface area contributed by atoms with Gasteiger partial charge in [0.15, 0.2) is 11.6 Å². The molecular formula is C16H16BrN5O. The molecule has 0 fully saturated rings. The molecule has 0 amide bonds. The second kappa shape index (κ2) is 5.49. The van der Waals surface area contributed by atoms with Crippen molar-refractivity contribution in [1.29, 1.82) is 0 Å². The minimum absolute atomic E-state index is 0.0124. The van der Waals surface area contributed by atoms with E-state index in [9.17, 15) is 4.79 Å². The maximum Gasteiger partial charge on any atom is 0.331 e. The lowest BCUT2D eigenvalue weighted by Gasteiger charge is -2.13. The number of hydrogen-bond donors (Lipinski definition) is 1. The van der Waals surface area contributed by atoms with Crippen LogP contribution in [0.25, 0.3) is 22.9 Å². The third-order valence-electron chi connectivity index (χ3n) is 4.03. The molecule has 0 spiro atoms. The summed E-state index contributed by atoms with van der Waals surface area (Å²) in [6, 6.07) is 7.88. The molecule has 1 aromatic rings. The van der Waals surface area contributed by atoms with Crippen LogP contribution in [0, 0.1) is 0 Å². The minimum atomic E-state index is -0.0124. The van der Waals surface area contributed by atoms with Crippen LogP contribution in [0.2, 0.25) is 0 Å². The summed E-state index contributed by atoms with van der Waals surface area (Å²) in [5.41, 5.74) is 1.70. The number of aromatic nitrogens is 4. The summed E-state index contributed by atoms with van der Waals surface area (Å²) in [5, 5.41) is 3.27. The first-order valence-electron chi connectivity index (χ1n) is 7.70. The van der Waals surface area contributed by atoms with E-state index in [1.807, 2.05) is 24.3 Å². The van der Waals surface area contributed by atoms with Crippen molar-refractivity contribution in [1.82, 2.24) is 19.1 Å². The Hall–Kier alpha value is -2.15. The molecule has 23 heavy (non-hydrogen) atoms. The SMILES string of the molecule is CCCn1c2nc(-c3ccc(Br)cc3)nc-2c2n(c1=O)CCN2. The highest BCUT2D eigenvalue weighted by Crippen LogP contribution is 2.31.